The number of thioether (sulfide) groups is 1. The highest BCUT2D eigenvalue weighted by molar-refractivity contribution is 7.99. The first-order valence-corrected chi connectivity index (χ1v) is 8.50. The molecule has 0 saturated heterocycles. The van der Waals surface area contributed by atoms with Gasteiger partial charge < -0.3 is 5.32 Å². The van der Waals surface area contributed by atoms with Gasteiger partial charge in [0.25, 0.3) is 5.91 Å². The van der Waals surface area contributed by atoms with Crippen molar-refractivity contribution in [1.29, 1.82) is 0 Å². The number of rotatable bonds is 4. The topological polar surface area (TPSA) is 42.0 Å². The zero-order chi connectivity index (χ0) is 14.7. The highest BCUT2D eigenvalue weighted by Gasteiger charge is 2.08. The molecule has 3 rings (SSSR count). The smallest absolute Gasteiger partial charge is 0.255 e. The standard InChI is InChI=1S/C16H14N2OS2/c1-2-20-13-5-3-4-11(8-13)16(19)18-12-6-7-15-14(9-12)17-10-21-15/h3-10H,2H2,1H3,(H,18,19). The Labute approximate surface area is 131 Å². The zero-order valence-electron chi connectivity index (χ0n) is 11.5. The molecule has 2 aromatic carbocycles. The summed E-state index contributed by atoms with van der Waals surface area (Å²) in [6.07, 6.45) is 0. The molecular formula is C16H14N2OS2. The van der Waals surface area contributed by atoms with Crippen molar-refractivity contribution in [3.8, 4) is 0 Å². The van der Waals surface area contributed by atoms with E-state index in [1.807, 2.05) is 48.0 Å². The molecule has 0 atom stereocenters. The van der Waals surface area contributed by atoms with Crippen LogP contribution in [0, 0.1) is 0 Å². The monoisotopic (exact) mass is 314 g/mol. The molecule has 1 aromatic heterocycles. The first-order chi connectivity index (χ1) is 10.3. The average Bonchev–Trinajstić information content (AvgIpc) is 2.95. The molecule has 106 valence electrons. The third-order valence-electron chi connectivity index (χ3n) is 3.00. The number of carbonyl (C=O) groups is 1. The maximum absolute atomic E-state index is 12.3. The average molecular weight is 314 g/mol. The molecule has 0 aliphatic heterocycles. The lowest BCUT2D eigenvalue weighted by molar-refractivity contribution is 0.102. The van der Waals surface area contributed by atoms with Gasteiger partial charge in [-0.15, -0.1) is 23.1 Å². The molecular weight excluding hydrogens is 300 g/mol. The molecule has 0 unspecified atom stereocenters. The molecule has 5 heteroatoms. The minimum Gasteiger partial charge on any atom is -0.322 e. The van der Waals surface area contributed by atoms with Crippen molar-refractivity contribution < 1.29 is 4.79 Å². The molecule has 0 bridgehead atoms. The van der Waals surface area contributed by atoms with Gasteiger partial charge in [0.05, 0.1) is 15.7 Å². The first kappa shape index (κ1) is 14.1. The summed E-state index contributed by atoms with van der Waals surface area (Å²) in [7, 11) is 0. The fraction of sp³-hybridized carbons (Fsp3) is 0.125. The minimum atomic E-state index is -0.0943. The van der Waals surface area contributed by atoms with Crippen LogP contribution in [0.3, 0.4) is 0 Å². The van der Waals surface area contributed by atoms with Gasteiger partial charge in [0.2, 0.25) is 0 Å². The largest absolute Gasteiger partial charge is 0.322 e. The van der Waals surface area contributed by atoms with Crippen molar-refractivity contribution in [2.45, 2.75) is 11.8 Å². The van der Waals surface area contributed by atoms with Gasteiger partial charge in [0.1, 0.15) is 0 Å². The number of hydrogen-bond acceptors (Lipinski definition) is 4. The van der Waals surface area contributed by atoms with Crippen molar-refractivity contribution in [3.63, 3.8) is 0 Å². The van der Waals surface area contributed by atoms with E-state index in [1.54, 1.807) is 23.1 Å². The van der Waals surface area contributed by atoms with E-state index in [-0.39, 0.29) is 5.91 Å². The molecule has 0 aliphatic carbocycles. The number of carbonyl (C=O) groups excluding carboxylic acids is 1. The third-order valence-corrected chi connectivity index (χ3v) is 4.68. The van der Waals surface area contributed by atoms with Crippen molar-refractivity contribution in [3.05, 3.63) is 53.5 Å². The Bertz CT molecular complexity index is 783. The second-order valence-electron chi connectivity index (χ2n) is 4.45. The summed E-state index contributed by atoms with van der Waals surface area (Å²) in [6, 6.07) is 13.5. The van der Waals surface area contributed by atoms with E-state index >= 15 is 0 Å². The van der Waals surface area contributed by atoms with Crippen LogP contribution in [0.2, 0.25) is 0 Å². The molecule has 1 heterocycles. The number of aromatic nitrogens is 1. The first-order valence-electron chi connectivity index (χ1n) is 6.64. The van der Waals surface area contributed by atoms with Crippen LogP contribution in [0.15, 0.2) is 52.9 Å². The predicted octanol–water partition coefficient (Wildman–Crippen LogP) is 4.66. The van der Waals surface area contributed by atoms with Gasteiger partial charge in [-0.2, -0.15) is 0 Å². The SMILES string of the molecule is CCSc1cccc(C(=O)Nc2ccc3scnc3c2)c1. The van der Waals surface area contributed by atoms with Gasteiger partial charge in [-0.25, -0.2) is 4.98 Å². The number of nitrogens with zero attached hydrogens (tertiary/aromatic N) is 1. The molecule has 0 spiro atoms. The van der Waals surface area contributed by atoms with Gasteiger partial charge in [-0.05, 0) is 42.2 Å². The Morgan fingerprint density at radius 1 is 1.29 bits per heavy atom. The summed E-state index contributed by atoms with van der Waals surface area (Å²) in [5.74, 6) is 0.897. The van der Waals surface area contributed by atoms with E-state index in [1.165, 1.54) is 0 Å². The number of hydrogen-bond donors (Lipinski definition) is 1. The highest BCUT2D eigenvalue weighted by atomic mass is 32.2. The molecule has 0 fully saturated rings. The Morgan fingerprint density at radius 2 is 2.19 bits per heavy atom. The van der Waals surface area contributed by atoms with Crippen molar-refractivity contribution in [2.24, 2.45) is 0 Å². The van der Waals surface area contributed by atoms with Crippen LogP contribution in [-0.2, 0) is 0 Å². The van der Waals surface area contributed by atoms with Crippen LogP contribution < -0.4 is 5.32 Å². The van der Waals surface area contributed by atoms with Gasteiger partial charge in [0.15, 0.2) is 0 Å². The van der Waals surface area contributed by atoms with Gasteiger partial charge >= 0.3 is 0 Å². The highest BCUT2D eigenvalue weighted by Crippen LogP contribution is 2.23. The van der Waals surface area contributed by atoms with Crippen LogP contribution in [0.4, 0.5) is 5.69 Å². The number of anilines is 1. The quantitative estimate of drug-likeness (QED) is 0.712. The molecule has 1 amide bonds. The maximum Gasteiger partial charge on any atom is 0.255 e. The molecule has 1 N–H and O–H groups in total. The Balaban J connectivity index is 1.80. The molecule has 3 aromatic rings. The minimum absolute atomic E-state index is 0.0943. The van der Waals surface area contributed by atoms with Gasteiger partial charge in [-0.3, -0.25) is 4.79 Å². The molecule has 3 nitrogen and oxygen atoms in total. The molecule has 21 heavy (non-hydrogen) atoms. The van der Waals surface area contributed by atoms with Crippen LogP contribution in [0.5, 0.6) is 0 Å². The second-order valence-corrected chi connectivity index (χ2v) is 6.67. The summed E-state index contributed by atoms with van der Waals surface area (Å²) < 4.78 is 1.12. The third kappa shape index (κ3) is 3.25. The van der Waals surface area contributed by atoms with E-state index in [0.717, 1.165) is 26.6 Å². The number of nitrogens with one attached hydrogen (secondary N) is 1. The maximum atomic E-state index is 12.3. The Kier molecular flexibility index (Phi) is 4.22. The number of fused-ring (bicyclic) bond motifs is 1. The number of amides is 1. The molecule has 0 saturated carbocycles. The van der Waals surface area contributed by atoms with Gasteiger partial charge in [-0.1, -0.05) is 13.0 Å². The van der Waals surface area contributed by atoms with Crippen LogP contribution in [0.1, 0.15) is 17.3 Å². The van der Waals surface area contributed by atoms with E-state index in [2.05, 4.69) is 17.2 Å². The predicted molar refractivity (Wildman–Crippen MR) is 90.4 cm³/mol. The fourth-order valence-electron chi connectivity index (χ4n) is 2.03. The van der Waals surface area contributed by atoms with E-state index in [4.69, 9.17) is 0 Å². The summed E-state index contributed by atoms with van der Waals surface area (Å²) in [6.45, 7) is 2.10. The summed E-state index contributed by atoms with van der Waals surface area (Å²) >= 11 is 3.32. The van der Waals surface area contributed by atoms with Gasteiger partial charge in [0, 0.05) is 16.1 Å². The lowest BCUT2D eigenvalue weighted by Gasteiger charge is -2.06. The number of thiazole rings is 1. The van der Waals surface area contributed by atoms with Crippen molar-refractivity contribution in [2.75, 3.05) is 11.1 Å². The fourth-order valence-corrected chi connectivity index (χ4v) is 3.41. The normalized spacial score (nSPS) is 10.7. The molecule has 0 aliphatic rings. The van der Waals surface area contributed by atoms with E-state index in [0.29, 0.717) is 5.56 Å². The van der Waals surface area contributed by atoms with Crippen LogP contribution >= 0.6 is 23.1 Å². The second kappa shape index (κ2) is 6.28. The lowest BCUT2D eigenvalue weighted by Crippen LogP contribution is -2.11. The van der Waals surface area contributed by atoms with Crippen molar-refractivity contribution >= 4 is 44.9 Å². The van der Waals surface area contributed by atoms with E-state index < -0.39 is 0 Å². The van der Waals surface area contributed by atoms with Crippen molar-refractivity contribution in [1.82, 2.24) is 4.98 Å². The Morgan fingerprint density at radius 3 is 3.05 bits per heavy atom. The Hall–Kier alpha value is -1.85. The van der Waals surface area contributed by atoms with Crippen LogP contribution in [-0.4, -0.2) is 16.6 Å². The number of benzene rings is 2. The van der Waals surface area contributed by atoms with E-state index in [9.17, 15) is 4.79 Å². The summed E-state index contributed by atoms with van der Waals surface area (Å²) in [4.78, 5) is 17.7. The zero-order valence-corrected chi connectivity index (χ0v) is 13.1. The molecule has 0 radical (unpaired) electrons. The summed E-state index contributed by atoms with van der Waals surface area (Å²) in [5, 5.41) is 2.93. The lowest BCUT2D eigenvalue weighted by atomic mass is 10.2. The summed E-state index contributed by atoms with van der Waals surface area (Å²) in [5.41, 5.74) is 4.16. The van der Waals surface area contributed by atoms with Crippen LogP contribution in [0.25, 0.3) is 10.2 Å².